The van der Waals surface area contributed by atoms with Crippen LogP contribution in [0.2, 0.25) is 0 Å². The van der Waals surface area contributed by atoms with Gasteiger partial charge in [-0.05, 0) is 24.5 Å². The zero-order chi connectivity index (χ0) is 31.0. The Bertz CT molecular complexity index is 1250. The van der Waals surface area contributed by atoms with E-state index in [0.29, 0.717) is 48.9 Å². The summed E-state index contributed by atoms with van der Waals surface area (Å²) in [5.41, 5.74) is 10.6. The number of carbonyl (C=O) groups excluding carboxylic acids is 3. The third-order valence-electron chi connectivity index (χ3n) is 7.03. The summed E-state index contributed by atoms with van der Waals surface area (Å²) in [6.07, 6.45) is 3.54. The van der Waals surface area contributed by atoms with Crippen molar-refractivity contribution in [2.75, 3.05) is 44.4 Å². The Morgan fingerprint density at radius 3 is 2.40 bits per heavy atom. The lowest BCUT2D eigenvalue weighted by atomic mass is 9.95. The molecule has 0 radical (unpaired) electrons. The SMILES string of the molecule is CCCCCNC(=O)OCCN(N)/C1=C(\N)c2ccccc2N(C(=O)CCC(=O)NCCOCCC)Cc2ccccc21. The summed E-state index contributed by atoms with van der Waals surface area (Å²) in [4.78, 5) is 39.7. The lowest BCUT2D eigenvalue weighted by molar-refractivity contribution is -0.125. The van der Waals surface area contributed by atoms with Gasteiger partial charge in [-0.3, -0.25) is 9.59 Å². The molecule has 11 nitrogen and oxygen atoms in total. The van der Waals surface area contributed by atoms with E-state index in [-0.39, 0.29) is 44.4 Å². The van der Waals surface area contributed by atoms with E-state index in [2.05, 4.69) is 17.6 Å². The molecule has 0 spiro atoms. The lowest BCUT2D eigenvalue weighted by Crippen LogP contribution is -2.38. The first-order valence-electron chi connectivity index (χ1n) is 15.1. The van der Waals surface area contributed by atoms with Gasteiger partial charge in [-0.2, -0.15) is 0 Å². The Hall–Kier alpha value is -4.09. The van der Waals surface area contributed by atoms with Gasteiger partial charge in [0.05, 0.1) is 36.8 Å². The third-order valence-corrected chi connectivity index (χ3v) is 7.03. The second kappa shape index (κ2) is 17.8. The number of nitrogens with two attached hydrogens (primary N) is 2. The molecule has 0 aliphatic carbocycles. The van der Waals surface area contributed by atoms with Crippen LogP contribution in [-0.2, 0) is 25.6 Å². The highest BCUT2D eigenvalue weighted by molar-refractivity contribution is 6.01. The highest BCUT2D eigenvalue weighted by Crippen LogP contribution is 2.36. The lowest BCUT2D eigenvalue weighted by Gasteiger charge is -2.32. The van der Waals surface area contributed by atoms with Crippen LogP contribution in [0.1, 0.15) is 69.1 Å². The van der Waals surface area contributed by atoms with Gasteiger partial charge in [-0.15, -0.1) is 0 Å². The predicted octanol–water partition coefficient (Wildman–Crippen LogP) is 3.73. The topological polar surface area (TPSA) is 152 Å². The first-order valence-corrected chi connectivity index (χ1v) is 15.1. The van der Waals surface area contributed by atoms with E-state index in [9.17, 15) is 14.4 Å². The summed E-state index contributed by atoms with van der Waals surface area (Å²) >= 11 is 0. The molecule has 6 N–H and O–H groups in total. The van der Waals surface area contributed by atoms with Crippen LogP contribution >= 0.6 is 0 Å². The number of amides is 3. The largest absolute Gasteiger partial charge is 0.448 e. The molecular formula is C32H46N6O5. The van der Waals surface area contributed by atoms with Crippen molar-refractivity contribution in [2.24, 2.45) is 11.6 Å². The van der Waals surface area contributed by atoms with Gasteiger partial charge in [0, 0.05) is 43.7 Å². The van der Waals surface area contributed by atoms with Crippen molar-refractivity contribution in [1.82, 2.24) is 15.6 Å². The number of anilines is 1. The maximum atomic E-state index is 13.6. The van der Waals surface area contributed by atoms with Crippen LogP contribution < -0.4 is 27.1 Å². The van der Waals surface area contributed by atoms with Crippen LogP contribution in [0.25, 0.3) is 11.4 Å². The van der Waals surface area contributed by atoms with Gasteiger partial charge in [-0.25, -0.2) is 10.6 Å². The number of hydrogen-bond donors (Lipinski definition) is 4. The van der Waals surface area contributed by atoms with Crippen LogP contribution in [0.4, 0.5) is 10.5 Å². The summed E-state index contributed by atoms with van der Waals surface area (Å²) in [6, 6.07) is 15.0. The highest BCUT2D eigenvalue weighted by atomic mass is 16.5. The average molecular weight is 595 g/mol. The molecule has 3 amide bonds. The standard InChI is InChI=1S/C32H46N6O5/c1-3-5-10-17-36-32(41)43-22-19-38(34)31-25-12-7-6-11-24(25)23-37(27-14-9-8-13-26(27)30(31)33)29(40)16-15-28(39)35-18-21-42-20-4-2/h6-9,11-14H,3-5,10,15-23,33-34H2,1-2H3,(H,35,39)(H,36,41)/b31-30-. The van der Waals surface area contributed by atoms with Crippen molar-refractivity contribution in [3.8, 4) is 0 Å². The first kappa shape index (κ1) is 33.4. The van der Waals surface area contributed by atoms with Crippen molar-refractivity contribution in [3.05, 3.63) is 65.2 Å². The second-order valence-electron chi connectivity index (χ2n) is 10.3. The Kier molecular flexibility index (Phi) is 13.8. The number of fused-ring (bicyclic) bond motifs is 2. The molecule has 1 aliphatic heterocycles. The van der Waals surface area contributed by atoms with Crippen molar-refractivity contribution >= 4 is 35.0 Å². The van der Waals surface area contributed by atoms with E-state index in [1.54, 1.807) is 4.90 Å². The number of nitrogens with one attached hydrogen (secondary N) is 2. The van der Waals surface area contributed by atoms with E-state index in [1.165, 1.54) is 5.01 Å². The summed E-state index contributed by atoms with van der Waals surface area (Å²) in [5.74, 6) is 6.15. The van der Waals surface area contributed by atoms with Crippen LogP contribution in [0, 0.1) is 0 Å². The number of carbonyl (C=O) groups is 3. The molecule has 234 valence electrons. The smallest absolute Gasteiger partial charge is 0.407 e. The van der Waals surface area contributed by atoms with E-state index < -0.39 is 6.09 Å². The van der Waals surface area contributed by atoms with Crippen molar-refractivity contribution in [3.63, 3.8) is 0 Å². The molecule has 3 rings (SSSR count). The Labute approximate surface area is 254 Å². The van der Waals surface area contributed by atoms with Gasteiger partial charge in [-0.1, -0.05) is 69.2 Å². The van der Waals surface area contributed by atoms with Crippen LogP contribution in [0.3, 0.4) is 0 Å². The van der Waals surface area contributed by atoms with Gasteiger partial charge < -0.3 is 35.7 Å². The fraction of sp³-hybridized carbons (Fsp3) is 0.469. The fourth-order valence-corrected chi connectivity index (χ4v) is 4.80. The number of hydrogen-bond acceptors (Lipinski definition) is 8. The van der Waals surface area contributed by atoms with Gasteiger partial charge >= 0.3 is 6.09 Å². The molecular weight excluding hydrogens is 548 g/mol. The Morgan fingerprint density at radius 1 is 0.884 bits per heavy atom. The van der Waals surface area contributed by atoms with E-state index in [1.807, 2.05) is 55.5 Å². The van der Waals surface area contributed by atoms with E-state index in [0.717, 1.165) is 36.8 Å². The number of hydrazine groups is 1. The molecule has 0 unspecified atom stereocenters. The molecule has 1 aliphatic rings. The number of benzene rings is 2. The quantitative estimate of drug-likeness (QED) is 0.130. The average Bonchev–Trinajstić information content (AvgIpc) is 3.00. The summed E-state index contributed by atoms with van der Waals surface area (Å²) in [6.45, 7) is 6.71. The zero-order valence-corrected chi connectivity index (χ0v) is 25.4. The fourth-order valence-electron chi connectivity index (χ4n) is 4.80. The van der Waals surface area contributed by atoms with Crippen LogP contribution in [0.5, 0.6) is 0 Å². The number of nitrogens with zero attached hydrogens (tertiary/aromatic N) is 2. The summed E-state index contributed by atoms with van der Waals surface area (Å²) in [7, 11) is 0. The molecule has 0 bridgehead atoms. The summed E-state index contributed by atoms with van der Waals surface area (Å²) in [5, 5.41) is 7.04. The molecule has 2 aromatic rings. The number of ether oxygens (including phenoxy) is 2. The maximum absolute atomic E-state index is 13.6. The normalized spacial score (nSPS) is 14.2. The molecule has 43 heavy (non-hydrogen) atoms. The highest BCUT2D eigenvalue weighted by Gasteiger charge is 2.28. The monoisotopic (exact) mass is 594 g/mol. The first-order chi connectivity index (χ1) is 20.9. The van der Waals surface area contributed by atoms with Crippen molar-refractivity contribution < 1.29 is 23.9 Å². The zero-order valence-electron chi connectivity index (χ0n) is 25.4. The molecule has 0 saturated carbocycles. The van der Waals surface area contributed by atoms with Gasteiger partial charge in [0.15, 0.2) is 0 Å². The van der Waals surface area contributed by atoms with Crippen molar-refractivity contribution in [2.45, 2.75) is 58.9 Å². The molecule has 0 saturated heterocycles. The molecule has 1 heterocycles. The molecule has 11 heteroatoms. The maximum Gasteiger partial charge on any atom is 0.407 e. The molecule has 0 aromatic heterocycles. The molecule has 2 aromatic carbocycles. The van der Waals surface area contributed by atoms with E-state index in [4.69, 9.17) is 21.1 Å². The number of rotatable bonds is 16. The molecule has 0 fully saturated rings. The van der Waals surface area contributed by atoms with E-state index >= 15 is 0 Å². The summed E-state index contributed by atoms with van der Waals surface area (Å²) < 4.78 is 10.7. The Balaban J connectivity index is 1.77. The minimum atomic E-state index is -0.484. The van der Waals surface area contributed by atoms with Gasteiger partial charge in [0.1, 0.15) is 6.61 Å². The van der Waals surface area contributed by atoms with Gasteiger partial charge in [0.2, 0.25) is 11.8 Å². The predicted molar refractivity (Wildman–Crippen MR) is 168 cm³/mol. The van der Waals surface area contributed by atoms with Crippen LogP contribution in [0.15, 0.2) is 48.5 Å². The number of unbranched alkanes of at least 4 members (excludes halogenated alkanes) is 2. The molecule has 0 atom stereocenters. The third kappa shape index (κ3) is 10.0. The van der Waals surface area contributed by atoms with Gasteiger partial charge in [0.25, 0.3) is 0 Å². The van der Waals surface area contributed by atoms with Crippen LogP contribution in [-0.4, -0.2) is 62.4 Å². The minimum Gasteiger partial charge on any atom is -0.448 e. The second-order valence-corrected chi connectivity index (χ2v) is 10.3. The van der Waals surface area contributed by atoms with Crippen molar-refractivity contribution in [1.29, 1.82) is 0 Å². The number of alkyl carbamates (subject to hydrolysis) is 1. The number of para-hydroxylation sites is 1. The minimum absolute atomic E-state index is 0.0372. The Morgan fingerprint density at radius 2 is 1.63 bits per heavy atom.